The van der Waals surface area contributed by atoms with Gasteiger partial charge in [-0.25, -0.2) is 9.78 Å². The van der Waals surface area contributed by atoms with Crippen molar-refractivity contribution in [3.05, 3.63) is 44.7 Å². The lowest BCUT2D eigenvalue weighted by Crippen LogP contribution is -2.16. The van der Waals surface area contributed by atoms with E-state index >= 15 is 0 Å². The number of hydrogen-bond acceptors (Lipinski definition) is 4. The van der Waals surface area contributed by atoms with Crippen LogP contribution >= 0.6 is 22.9 Å². The molecule has 4 nitrogen and oxygen atoms in total. The number of nitrogens with zero attached hydrogens (tertiary/aromatic N) is 1. The number of rotatable bonds is 4. The van der Waals surface area contributed by atoms with E-state index in [9.17, 15) is 9.90 Å². The van der Waals surface area contributed by atoms with E-state index in [2.05, 4.69) is 10.3 Å². The van der Waals surface area contributed by atoms with Crippen LogP contribution in [-0.2, 0) is 12.0 Å². The van der Waals surface area contributed by atoms with Gasteiger partial charge in [0.15, 0.2) is 0 Å². The predicted molar refractivity (Wildman–Crippen MR) is 86.6 cm³/mol. The van der Waals surface area contributed by atoms with E-state index in [1.54, 1.807) is 12.1 Å². The smallest absolute Gasteiger partial charge is 0.335 e. The van der Waals surface area contributed by atoms with Gasteiger partial charge in [0, 0.05) is 16.0 Å². The highest BCUT2D eigenvalue weighted by molar-refractivity contribution is 7.16. The van der Waals surface area contributed by atoms with Gasteiger partial charge in [-0.1, -0.05) is 32.4 Å². The molecule has 0 amide bonds. The third-order valence-corrected chi connectivity index (χ3v) is 4.14. The van der Waals surface area contributed by atoms with Gasteiger partial charge in [0.05, 0.1) is 16.4 Å². The van der Waals surface area contributed by atoms with Crippen LogP contribution in [0.3, 0.4) is 0 Å². The van der Waals surface area contributed by atoms with Gasteiger partial charge in [-0.15, -0.1) is 11.3 Å². The quantitative estimate of drug-likeness (QED) is 0.874. The molecule has 0 atom stereocenters. The Morgan fingerprint density at radius 2 is 2.10 bits per heavy atom. The van der Waals surface area contributed by atoms with E-state index in [0.29, 0.717) is 12.4 Å². The molecule has 0 aliphatic carbocycles. The highest BCUT2D eigenvalue weighted by Gasteiger charge is 2.19. The summed E-state index contributed by atoms with van der Waals surface area (Å²) < 4.78 is 0.731. The Bertz CT molecular complexity index is 662. The standard InChI is InChI=1S/C15H17ClN2O2S/c1-15(2,3)11-6-9(14(19)20)7-13(18-11)17-8-10-4-5-12(16)21-10/h4-7H,8H2,1-3H3,(H,17,18)(H,19,20). The number of carbonyl (C=O) groups is 1. The lowest BCUT2D eigenvalue weighted by molar-refractivity contribution is 0.0696. The Hall–Kier alpha value is -1.59. The van der Waals surface area contributed by atoms with Gasteiger partial charge in [0.25, 0.3) is 0 Å². The van der Waals surface area contributed by atoms with Crippen LogP contribution in [0.4, 0.5) is 5.82 Å². The lowest BCUT2D eigenvalue weighted by atomic mass is 9.91. The summed E-state index contributed by atoms with van der Waals surface area (Å²) in [5, 5.41) is 12.4. The second-order valence-corrected chi connectivity index (χ2v) is 7.54. The van der Waals surface area contributed by atoms with Gasteiger partial charge in [-0.05, 0) is 24.3 Å². The first kappa shape index (κ1) is 15.8. The van der Waals surface area contributed by atoms with Crippen molar-refractivity contribution in [1.29, 1.82) is 0 Å². The molecule has 2 N–H and O–H groups in total. The molecule has 2 aromatic heterocycles. The van der Waals surface area contributed by atoms with Gasteiger partial charge in [0.1, 0.15) is 5.82 Å². The molecule has 0 fully saturated rings. The fourth-order valence-electron chi connectivity index (χ4n) is 1.75. The van der Waals surface area contributed by atoms with Gasteiger partial charge >= 0.3 is 5.97 Å². The largest absolute Gasteiger partial charge is 0.478 e. The van der Waals surface area contributed by atoms with Gasteiger partial charge in [-0.3, -0.25) is 0 Å². The molecule has 0 aromatic carbocycles. The highest BCUT2D eigenvalue weighted by Crippen LogP contribution is 2.25. The topological polar surface area (TPSA) is 62.2 Å². The van der Waals surface area contributed by atoms with Crippen molar-refractivity contribution in [2.24, 2.45) is 0 Å². The molecule has 0 spiro atoms. The minimum absolute atomic E-state index is 0.214. The van der Waals surface area contributed by atoms with E-state index in [-0.39, 0.29) is 11.0 Å². The Balaban J connectivity index is 2.25. The van der Waals surface area contributed by atoms with Crippen molar-refractivity contribution in [3.8, 4) is 0 Å². The Kier molecular flexibility index (Phi) is 4.54. The highest BCUT2D eigenvalue weighted by atomic mass is 35.5. The molecule has 0 aliphatic heterocycles. The summed E-state index contributed by atoms with van der Waals surface area (Å²) in [4.78, 5) is 16.8. The van der Waals surface area contributed by atoms with Gasteiger partial charge in [-0.2, -0.15) is 0 Å². The summed E-state index contributed by atoms with van der Waals surface area (Å²) in [6.07, 6.45) is 0. The number of aromatic nitrogens is 1. The maximum absolute atomic E-state index is 11.2. The van der Waals surface area contributed by atoms with Crippen molar-refractivity contribution in [2.45, 2.75) is 32.7 Å². The zero-order chi connectivity index (χ0) is 15.6. The summed E-state index contributed by atoms with van der Waals surface area (Å²) in [5.74, 6) is -0.394. The van der Waals surface area contributed by atoms with Crippen molar-refractivity contribution in [1.82, 2.24) is 4.98 Å². The SMILES string of the molecule is CC(C)(C)c1cc(C(=O)O)cc(NCc2ccc(Cl)s2)n1. The summed E-state index contributed by atoms with van der Waals surface area (Å²) in [6, 6.07) is 6.94. The zero-order valence-corrected chi connectivity index (χ0v) is 13.7. The van der Waals surface area contributed by atoms with Crippen LogP contribution in [0.1, 0.15) is 41.7 Å². The molecule has 0 aliphatic rings. The Morgan fingerprint density at radius 1 is 1.38 bits per heavy atom. The number of thiophene rings is 1. The molecule has 2 heterocycles. The fraction of sp³-hybridized carbons (Fsp3) is 0.333. The van der Waals surface area contributed by atoms with E-state index in [4.69, 9.17) is 11.6 Å². The van der Waals surface area contributed by atoms with Crippen LogP contribution in [0.5, 0.6) is 0 Å². The van der Waals surface area contributed by atoms with Crippen molar-refractivity contribution < 1.29 is 9.90 Å². The molecule has 21 heavy (non-hydrogen) atoms. The first-order valence-electron chi connectivity index (χ1n) is 6.49. The van der Waals surface area contributed by atoms with Crippen LogP contribution in [0.2, 0.25) is 4.34 Å². The number of nitrogens with one attached hydrogen (secondary N) is 1. The van der Waals surface area contributed by atoms with E-state index < -0.39 is 5.97 Å². The van der Waals surface area contributed by atoms with Gasteiger partial charge in [0.2, 0.25) is 0 Å². The third kappa shape index (κ3) is 4.19. The number of anilines is 1. The first-order chi connectivity index (χ1) is 9.75. The normalized spacial score (nSPS) is 11.4. The van der Waals surface area contributed by atoms with Crippen molar-refractivity contribution >= 4 is 34.7 Å². The lowest BCUT2D eigenvalue weighted by Gasteiger charge is -2.19. The number of carboxylic acids is 1. The van der Waals surface area contributed by atoms with Crippen LogP contribution < -0.4 is 5.32 Å². The second kappa shape index (κ2) is 6.03. The molecular formula is C15H17ClN2O2S. The molecular weight excluding hydrogens is 308 g/mol. The minimum atomic E-state index is -0.954. The van der Waals surface area contributed by atoms with Crippen LogP contribution in [0, 0.1) is 0 Å². The molecule has 0 saturated carbocycles. The van der Waals surface area contributed by atoms with Crippen molar-refractivity contribution in [2.75, 3.05) is 5.32 Å². The first-order valence-corrected chi connectivity index (χ1v) is 7.69. The van der Waals surface area contributed by atoms with Crippen LogP contribution in [0.25, 0.3) is 0 Å². The fourth-order valence-corrected chi connectivity index (χ4v) is 2.78. The number of pyridine rings is 1. The van der Waals surface area contributed by atoms with E-state index in [1.807, 2.05) is 32.9 Å². The van der Waals surface area contributed by atoms with Crippen LogP contribution in [0.15, 0.2) is 24.3 Å². The second-order valence-electron chi connectivity index (χ2n) is 5.74. The Morgan fingerprint density at radius 3 is 2.62 bits per heavy atom. The summed E-state index contributed by atoms with van der Waals surface area (Å²) in [5.41, 5.74) is 0.768. The predicted octanol–water partition coefficient (Wildman–Crippen LogP) is 4.40. The third-order valence-electron chi connectivity index (χ3n) is 2.91. The maximum atomic E-state index is 11.2. The van der Waals surface area contributed by atoms with E-state index in [0.717, 1.165) is 14.9 Å². The number of carboxylic acid groups (broad SMARTS) is 1. The Labute approximate surface area is 132 Å². The molecule has 6 heteroatoms. The minimum Gasteiger partial charge on any atom is -0.478 e. The summed E-state index contributed by atoms with van der Waals surface area (Å²) in [6.45, 7) is 6.58. The number of aromatic carboxylic acids is 1. The average molecular weight is 325 g/mol. The summed E-state index contributed by atoms with van der Waals surface area (Å²) in [7, 11) is 0. The maximum Gasteiger partial charge on any atom is 0.335 e. The molecule has 0 saturated heterocycles. The monoisotopic (exact) mass is 324 g/mol. The zero-order valence-electron chi connectivity index (χ0n) is 12.1. The average Bonchev–Trinajstić information content (AvgIpc) is 2.81. The molecule has 2 aromatic rings. The van der Waals surface area contributed by atoms with Crippen molar-refractivity contribution in [3.63, 3.8) is 0 Å². The van der Waals surface area contributed by atoms with E-state index in [1.165, 1.54) is 11.3 Å². The molecule has 0 bridgehead atoms. The molecule has 2 rings (SSSR count). The number of hydrogen-bond donors (Lipinski definition) is 2. The molecule has 0 unspecified atom stereocenters. The summed E-state index contributed by atoms with van der Waals surface area (Å²) >= 11 is 7.38. The number of halogens is 1. The molecule has 112 valence electrons. The van der Waals surface area contributed by atoms with Gasteiger partial charge < -0.3 is 10.4 Å². The molecule has 0 radical (unpaired) electrons. The van der Waals surface area contributed by atoms with Crippen LogP contribution in [-0.4, -0.2) is 16.1 Å².